The smallest absolute Gasteiger partial charge is 0.272 e. The van der Waals surface area contributed by atoms with Crippen LogP contribution in [0.25, 0.3) is 0 Å². The number of hydrogen-bond acceptors (Lipinski definition) is 5. The van der Waals surface area contributed by atoms with Gasteiger partial charge in [-0.3, -0.25) is 4.79 Å². The molecule has 1 amide bonds. The normalized spacial score (nSPS) is 18.2. The lowest BCUT2D eigenvalue weighted by Gasteiger charge is -2.36. The van der Waals surface area contributed by atoms with Crippen molar-refractivity contribution in [1.82, 2.24) is 14.8 Å². The van der Waals surface area contributed by atoms with Crippen LogP contribution in [0.3, 0.4) is 0 Å². The third kappa shape index (κ3) is 4.34. The predicted octanol–water partition coefficient (Wildman–Crippen LogP) is 2.33. The highest BCUT2D eigenvalue weighted by molar-refractivity contribution is 5.92. The van der Waals surface area contributed by atoms with Gasteiger partial charge in [0, 0.05) is 52.4 Å². The Kier molecular flexibility index (Phi) is 5.94. The fourth-order valence-corrected chi connectivity index (χ4v) is 4.04. The van der Waals surface area contributed by atoms with Crippen LogP contribution in [-0.4, -0.2) is 79.6 Å². The molecule has 2 fully saturated rings. The van der Waals surface area contributed by atoms with Crippen molar-refractivity contribution < 1.29 is 9.18 Å². The van der Waals surface area contributed by atoms with Crippen molar-refractivity contribution >= 4 is 17.3 Å². The van der Waals surface area contributed by atoms with Crippen LogP contribution in [-0.2, 0) is 0 Å². The van der Waals surface area contributed by atoms with Crippen LogP contribution >= 0.6 is 0 Å². The topological polar surface area (TPSA) is 42.9 Å². The van der Waals surface area contributed by atoms with Gasteiger partial charge in [-0.25, -0.2) is 9.37 Å². The van der Waals surface area contributed by atoms with Gasteiger partial charge >= 0.3 is 0 Å². The number of anilines is 2. The number of halogens is 1. The molecule has 0 spiro atoms. The fourth-order valence-electron chi connectivity index (χ4n) is 4.04. The molecule has 4 rings (SSSR count). The lowest BCUT2D eigenvalue weighted by atomic mass is 10.2. The first-order valence-corrected chi connectivity index (χ1v) is 10.4. The number of benzene rings is 1. The Hall–Kier alpha value is -2.67. The summed E-state index contributed by atoms with van der Waals surface area (Å²) in [5, 5.41) is 0. The van der Waals surface area contributed by atoms with Gasteiger partial charge in [0.15, 0.2) is 0 Å². The molecule has 0 N–H and O–H groups in total. The van der Waals surface area contributed by atoms with E-state index in [1.807, 2.05) is 29.3 Å². The summed E-state index contributed by atoms with van der Waals surface area (Å²) in [7, 11) is 0. The highest BCUT2D eigenvalue weighted by Gasteiger charge is 2.24. The average Bonchev–Trinajstić information content (AvgIpc) is 2.79. The van der Waals surface area contributed by atoms with Gasteiger partial charge in [-0.15, -0.1) is 0 Å². The molecule has 3 heterocycles. The third-order valence-electron chi connectivity index (χ3n) is 5.91. The first kappa shape index (κ1) is 19.6. The summed E-state index contributed by atoms with van der Waals surface area (Å²) in [4.78, 5) is 25.8. The van der Waals surface area contributed by atoms with Crippen LogP contribution < -0.4 is 9.80 Å². The summed E-state index contributed by atoms with van der Waals surface area (Å²) in [6.45, 7) is 9.73. The maximum absolute atomic E-state index is 14.0. The Balaban J connectivity index is 1.34. The van der Waals surface area contributed by atoms with E-state index in [1.54, 1.807) is 17.0 Å². The van der Waals surface area contributed by atoms with Gasteiger partial charge < -0.3 is 19.6 Å². The third-order valence-corrected chi connectivity index (χ3v) is 5.91. The Morgan fingerprint density at radius 2 is 1.62 bits per heavy atom. The van der Waals surface area contributed by atoms with Crippen molar-refractivity contribution in [3.05, 3.63) is 54.1 Å². The van der Waals surface area contributed by atoms with Gasteiger partial charge in [0.05, 0.1) is 17.6 Å². The molecule has 7 heteroatoms. The molecule has 0 radical (unpaired) electrons. The molecular weight excluding hydrogens is 369 g/mol. The number of aromatic nitrogens is 1. The van der Waals surface area contributed by atoms with Gasteiger partial charge in [-0.1, -0.05) is 19.1 Å². The van der Waals surface area contributed by atoms with E-state index in [4.69, 9.17) is 0 Å². The molecule has 154 valence electrons. The average molecular weight is 397 g/mol. The van der Waals surface area contributed by atoms with Crippen LogP contribution in [0.4, 0.5) is 15.8 Å². The molecule has 0 aliphatic carbocycles. The molecule has 6 nitrogen and oxygen atoms in total. The first-order chi connectivity index (χ1) is 14.2. The highest BCUT2D eigenvalue weighted by Crippen LogP contribution is 2.21. The van der Waals surface area contributed by atoms with Crippen LogP contribution in [0.15, 0.2) is 42.6 Å². The van der Waals surface area contributed by atoms with Crippen LogP contribution in [0, 0.1) is 5.82 Å². The number of pyridine rings is 1. The number of para-hydroxylation sites is 1. The van der Waals surface area contributed by atoms with Crippen LogP contribution in [0.5, 0.6) is 0 Å². The Labute approximate surface area is 171 Å². The molecule has 2 saturated heterocycles. The van der Waals surface area contributed by atoms with Gasteiger partial charge in [-0.2, -0.15) is 0 Å². The second-order valence-corrected chi connectivity index (χ2v) is 7.55. The van der Waals surface area contributed by atoms with E-state index in [2.05, 4.69) is 21.7 Å². The minimum atomic E-state index is -0.218. The summed E-state index contributed by atoms with van der Waals surface area (Å²) in [5.41, 5.74) is 2.15. The van der Waals surface area contributed by atoms with Gasteiger partial charge in [0.25, 0.3) is 5.91 Å². The monoisotopic (exact) mass is 397 g/mol. The summed E-state index contributed by atoms with van der Waals surface area (Å²) in [5.74, 6) is -0.273. The lowest BCUT2D eigenvalue weighted by Crippen LogP contribution is -2.49. The number of likely N-dealkylation sites (N-methyl/N-ethyl adjacent to an activating group) is 1. The van der Waals surface area contributed by atoms with Crippen molar-refractivity contribution in [2.75, 3.05) is 68.7 Å². The Morgan fingerprint density at radius 3 is 2.24 bits per heavy atom. The number of amides is 1. The molecule has 0 saturated carbocycles. The molecule has 29 heavy (non-hydrogen) atoms. The molecule has 0 unspecified atom stereocenters. The first-order valence-electron chi connectivity index (χ1n) is 10.4. The number of carbonyl (C=O) groups is 1. The molecule has 1 aromatic carbocycles. The van der Waals surface area contributed by atoms with Crippen LogP contribution in [0.2, 0.25) is 0 Å². The maximum atomic E-state index is 14.0. The van der Waals surface area contributed by atoms with E-state index in [0.29, 0.717) is 37.6 Å². The molecule has 2 aliphatic rings. The largest absolute Gasteiger partial charge is 0.368 e. The zero-order chi connectivity index (χ0) is 20.2. The van der Waals surface area contributed by atoms with E-state index < -0.39 is 0 Å². The summed E-state index contributed by atoms with van der Waals surface area (Å²) in [6.07, 6.45) is 1.81. The second-order valence-electron chi connectivity index (χ2n) is 7.55. The van der Waals surface area contributed by atoms with Crippen molar-refractivity contribution in [1.29, 1.82) is 0 Å². The van der Waals surface area contributed by atoms with Crippen molar-refractivity contribution in [3.8, 4) is 0 Å². The molecule has 2 aliphatic heterocycles. The predicted molar refractivity (Wildman–Crippen MR) is 113 cm³/mol. The van der Waals surface area contributed by atoms with E-state index in [1.165, 1.54) is 6.07 Å². The van der Waals surface area contributed by atoms with Crippen LogP contribution in [0.1, 0.15) is 17.4 Å². The SMILES string of the molecule is CCN1CCN(c2ccc(C(=O)N3CCN(c4ccccc4F)CC3)nc2)CC1. The Bertz CT molecular complexity index is 827. The van der Waals surface area contributed by atoms with Gasteiger partial charge in [0.1, 0.15) is 11.5 Å². The molecule has 1 aromatic heterocycles. The molecule has 2 aromatic rings. The summed E-state index contributed by atoms with van der Waals surface area (Å²) < 4.78 is 14.0. The van der Waals surface area contributed by atoms with E-state index >= 15 is 0 Å². The zero-order valence-electron chi connectivity index (χ0n) is 16.9. The lowest BCUT2D eigenvalue weighted by molar-refractivity contribution is 0.0741. The van der Waals surface area contributed by atoms with E-state index in [-0.39, 0.29) is 11.7 Å². The van der Waals surface area contributed by atoms with Gasteiger partial charge in [-0.05, 0) is 30.8 Å². The quantitative estimate of drug-likeness (QED) is 0.792. The van der Waals surface area contributed by atoms with Gasteiger partial charge in [0.2, 0.25) is 0 Å². The second kappa shape index (κ2) is 8.78. The van der Waals surface area contributed by atoms with E-state index in [0.717, 1.165) is 38.4 Å². The minimum Gasteiger partial charge on any atom is -0.368 e. The maximum Gasteiger partial charge on any atom is 0.272 e. The minimum absolute atomic E-state index is 0.0551. The fraction of sp³-hybridized carbons (Fsp3) is 0.455. The number of rotatable bonds is 4. The van der Waals surface area contributed by atoms with Crippen molar-refractivity contribution in [2.24, 2.45) is 0 Å². The number of carbonyl (C=O) groups excluding carboxylic acids is 1. The van der Waals surface area contributed by atoms with Crippen molar-refractivity contribution in [3.63, 3.8) is 0 Å². The molecule has 0 atom stereocenters. The summed E-state index contributed by atoms with van der Waals surface area (Å²) in [6, 6.07) is 10.6. The molecule has 0 bridgehead atoms. The standard InChI is InChI=1S/C22H28FN5O/c1-2-25-9-11-26(12-10-25)18-7-8-20(24-17-18)22(29)28-15-13-27(14-16-28)21-6-4-3-5-19(21)23/h3-8,17H,2,9-16H2,1H3. The Morgan fingerprint density at radius 1 is 0.931 bits per heavy atom. The number of nitrogens with zero attached hydrogens (tertiary/aromatic N) is 5. The van der Waals surface area contributed by atoms with E-state index in [9.17, 15) is 9.18 Å². The van der Waals surface area contributed by atoms with Crippen molar-refractivity contribution in [2.45, 2.75) is 6.92 Å². The number of piperazine rings is 2. The summed E-state index contributed by atoms with van der Waals surface area (Å²) >= 11 is 0. The number of hydrogen-bond donors (Lipinski definition) is 0. The highest BCUT2D eigenvalue weighted by atomic mass is 19.1. The molecular formula is C22H28FN5O. The zero-order valence-corrected chi connectivity index (χ0v) is 16.9.